The number of rotatable bonds is 6. The molecule has 1 atom stereocenters. The van der Waals surface area contributed by atoms with E-state index in [0.29, 0.717) is 12.0 Å². The summed E-state index contributed by atoms with van der Waals surface area (Å²) >= 11 is 0. The van der Waals surface area contributed by atoms with Crippen LogP contribution in [0.15, 0.2) is 0 Å². The molecule has 0 spiro atoms. The molecule has 1 heterocycles. The zero-order valence-corrected chi connectivity index (χ0v) is 12.5. The van der Waals surface area contributed by atoms with E-state index in [1.54, 1.807) is 0 Å². The molecule has 3 nitrogen and oxygen atoms in total. The van der Waals surface area contributed by atoms with Gasteiger partial charge in [-0.1, -0.05) is 20.8 Å². The highest BCUT2D eigenvalue weighted by molar-refractivity contribution is 5.83. The molecular weight excluding hydrogens is 224 g/mol. The van der Waals surface area contributed by atoms with E-state index in [2.05, 4.69) is 38.3 Å². The van der Waals surface area contributed by atoms with E-state index in [9.17, 15) is 4.79 Å². The Balaban J connectivity index is 2.46. The molecule has 0 aromatic rings. The van der Waals surface area contributed by atoms with Gasteiger partial charge in [0.05, 0.1) is 5.41 Å². The zero-order valence-electron chi connectivity index (χ0n) is 12.5. The molecule has 1 amide bonds. The normalized spacial score (nSPS) is 20.7. The van der Waals surface area contributed by atoms with E-state index >= 15 is 0 Å². The molecule has 18 heavy (non-hydrogen) atoms. The molecular formula is C15H30N2O. The van der Waals surface area contributed by atoms with Gasteiger partial charge in [0.1, 0.15) is 0 Å². The summed E-state index contributed by atoms with van der Waals surface area (Å²) in [7, 11) is 0. The molecule has 0 aromatic carbocycles. The number of hydrogen-bond acceptors (Lipinski definition) is 2. The van der Waals surface area contributed by atoms with Gasteiger partial charge >= 0.3 is 0 Å². The Bertz CT molecular complexity index is 257. The van der Waals surface area contributed by atoms with E-state index in [1.165, 1.54) is 6.42 Å². The van der Waals surface area contributed by atoms with Gasteiger partial charge in [0.15, 0.2) is 0 Å². The van der Waals surface area contributed by atoms with Crippen LogP contribution in [0.3, 0.4) is 0 Å². The maximum absolute atomic E-state index is 12.5. The Labute approximate surface area is 112 Å². The molecule has 0 radical (unpaired) electrons. The lowest BCUT2D eigenvalue weighted by Crippen LogP contribution is -2.49. The average molecular weight is 254 g/mol. The molecule has 3 heteroatoms. The van der Waals surface area contributed by atoms with Crippen LogP contribution in [0, 0.1) is 11.3 Å². The number of nitrogens with one attached hydrogen (secondary N) is 2. The SMILES string of the molecule is CCC1(C(=O)NC(C)CCC(C)C)CCNCC1. The summed E-state index contributed by atoms with van der Waals surface area (Å²) in [5.74, 6) is 0.992. The van der Waals surface area contributed by atoms with Crippen LogP contribution in [0.4, 0.5) is 0 Å². The summed E-state index contributed by atoms with van der Waals surface area (Å²) in [4.78, 5) is 12.5. The molecule has 0 aromatic heterocycles. The quantitative estimate of drug-likeness (QED) is 0.765. The second kappa shape index (κ2) is 7.13. The number of carbonyl (C=O) groups excluding carboxylic acids is 1. The minimum absolute atomic E-state index is 0.114. The van der Waals surface area contributed by atoms with Gasteiger partial charge in [0.25, 0.3) is 0 Å². The van der Waals surface area contributed by atoms with Gasteiger partial charge in [-0.25, -0.2) is 0 Å². The molecule has 0 aliphatic carbocycles. The predicted molar refractivity (Wildman–Crippen MR) is 76.5 cm³/mol. The van der Waals surface area contributed by atoms with Gasteiger partial charge in [-0.15, -0.1) is 0 Å². The van der Waals surface area contributed by atoms with E-state index in [4.69, 9.17) is 0 Å². The monoisotopic (exact) mass is 254 g/mol. The van der Waals surface area contributed by atoms with Crippen molar-refractivity contribution in [3.05, 3.63) is 0 Å². The topological polar surface area (TPSA) is 41.1 Å². The van der Waals surface area contributed by atoms with Gasteiger partial charge < -0.3 is 10.6 Å². The molecule has 0 saturated carbocycles. The van der Waals surface area contributed by atoms with Crippen LogP contribution >= 0.6 is 0 Å². The highest BCUT2D eigenvalue weighted by Gasteiger charge is 2.37. The molecule has 1 aliphatic rings. The van der Waals surface area contributed by atoms with Gasteiger partial charge in [0, 0.05) is 6.04 Å². The molecule has 0 bridgehead atoms. The van der Waals surface area contributed by atoms with Crippen molar-refractivity contribution in [2.24, 2.45) is 11.3 Å². The molecule has 1 fully saturated rings. The minimum atomic E-state index is -0.114. The van der Waals surface area contributed by atoms with Gasteiger partial charge in [-0.3, -0.25) is 4.79 Å². The van der Waals surface area contributed by atoms with E-state index in [-0.39, 0.29) is 11.3 Å². The maximum atomic E-state index is 12.5. The summed E-state index contributed by atoms with van der Waals surface area (Å²) < 4.78 is 0. The third kappa shape index (κ3) is 4.27. The van der Waals surface area contributed by atoms with Crippen LogP contribution in [-0.2, 0) is 4.79 Å². The van der Waals surface area contributed by atoms with Gasteiger partial charge in [0.2, 0.25) is 5.91 Å². The number of carbonyl (C=O) groups is 1. The van der Waals surface area contributed by atoms with Crippen molar-refractivity contribution < 1.29 is 4.79 Å². The summed E-state index contributed by atoms with van der Waals surface area (Å²) in [5, 5.41) is 6.57. The summed E-state index contributed by atoms with van der Waals surface area (Å²) in [6, 6.07) is 0.304. The highest BCUT2D eigenvalue weighted by atomic mass is 16.2. The number of amides is 1. The lowest BCUT2D eigenvalue weighted by atomic mass is 9.75. The molecule has 106 valence electrons. The molecule has 1 rings (SSSR count). The van der Waals surface area contributed by atoms with Crippen molar-refractivity contribution in [3.8, 4) is 0 Å². The van der Waals surface area contributed by atoms with Gasteiger partial charge in [-0.2, -0.15) is 0 Å². The second-order valence-corrected chi connectivity index (χ2v) is 6.23. The summed E-state index contributed by atoms with van der Waals surface area (Å²) in [6.07, 6.45) is 5.18. The van der Waals surface area contributed by atoms with Crippen molar-refractivity contribution in [3.63, 3.8) is 0 Å². The largest absolute Gasteiger partial charge is 0.353 e. The van der Waals surface area contributed by atoms with Gasteiger partial charge in [-0.05, 0) is 58.0 Å². The summed E-state index contributed by atoms with van der Waals surface area (Å²) in [6.45, 7) is 10.7. The zero-order chi connectivity index (χ0) is 13.6. The fourth-order valence-corrected chi connectivity index (χ4v) is 2.68. The first-order valence-corrected chi connectivity index (χ1v) is 7.52. The van der Waals surface area contributed by atoms with Crippen molar-refractivity contribution >= 4 is 5.91 Å². The second-order valence-electron chi connectivity index (χ2n) is 6.23. The smallest absolute Gasteiger partial charge is 0.226 e. The summed E-state index contributed by atoms with van der Waals surface area (Å²) in [5.41, 5.74) is -0.114. The van der Waals surface area contributed by atoms with Crippen LogP contribution in [0.5, 0.6) is 0 Å². The standard InChI is InChI=1S/C15H30N2O/c1-5-15(8-10-16-11-9-15)14(18)17-13(4)7-6-12(2)3/h12-13,16H,5-11H2,1-4H3,(H,17,18). The molecule has 1 saturated heterocycles. The Kier molecular flexibility index (Phi) is 6.13. The highest BCUT2D eigenvalue weighted by Crippen LogP contribution is 2.32. The van der Waals surface area contributed by atoms with Crippen molar-refractivity contribution in [2.75, 3.05) is 13.1 Å². The fraction of sp³-hybridized carbons (Fsp3) is 0.933. The van der Waals surface area contributed by atoms with Crippen LogP contribution < -0.4 is 10.6 Å². The number of piperidine rings is 1. The van der Waals surface area contributed by atoms with Crippen LogP contribution in [0.2, 0.25) is 0 Å². The van der Waals surface area contributed by atoms with Crippen LogP contribution in [0.1, 0.15) is 59.8 Å². The maximum Gasteiger partial charge on any atom is 0.226 e. The van der Waals surface area contributed by atoms with E-state index in [0.717, 1.165) is 38.8 Å². The van der Waals surface area contributed by atoms with Crippen LogP contribution in [-0.4, -0.2) is 25.0 Å². The van der Waals surface area contributed by atoms with Crippen molar-refractivity contribution in [1.82, 2.24) is 10.6 Å². The Morgan fingerprint density at radius 1 is 1.22 bits per heavy atom. The first-order chi connectivity index (χ1) is 8.50. The Morgan fingerprint density at radius 2 is 1.83 bits per heavy atom. The lowest BCUT2D eigenvalue weighted by molar-refractivity contribution is -0.133. The lowest BCUT2D eigenvalue weighted by Gasteiger charge is -2.36. The third-order valence-electron chi connectivity index (χ3n) is 4.27. The van der Waals surface area contributed by atoms with E-state index in [1.807, 2.05) is 0 Å². The third-order valence-corrected chi connectivity index (χ3v) is 4.27. The molecule has 2 N–H and O–H groups in total. The van der Waals surface area contributed by atoms with Crippen molar-refractivity contribution in [1.29, 1.82) is 0 Å². The molecule has 1 unspecified atom stereocenters. The fourth-order valence-electron chi connectivity index (χ4n) is 2.68. The minimum Gasteiger partial charge on any atom is -0.353 e. The van der Waals surface area contributed by atoms with Crippen molar-refractivity contribution in [2.45, 2.75) is 65.8 Å². The van der Waals surface area contributed by atoms with Crippen LogP contribution in [0.25, 0.3) is 0 Å². The first-order valence-electron chi connectivity index (χ1n) is 7.52. The first kappa shape index (κ1) is 15.5. The van der Waals surface area contributed by atoms with E-state index < -0.39 is 0 Å². The molecule has 1 aliphatic heterocycles. The predicted octanol–water partition coefficient (Wildman–Crippen LogP) is 2.71. The number of hydrogen-bond donors (Lipinski definition) is 2. The Morgan fingerprint density at radius 3 is 2.33 bits per heavy atom. The average Bonchev–Trinajstić information content (AvgIpc) is 2.37. The Hall–Kier alpha value is -0.570.